The number of nitrogen functional groups attached to an aromatic ring is 2. The van der Waals surface area contributed by atoms with Gasteiger partial charge in [0.25, 0.3) is 0 Å². The summed E-state index contributed by atoms with van der Waals surface area (Å²) in [5.74, 6) is 0.350. The number of phenols is 1. The van der Waals surface area contributed by atoms with Crippen LogP contribution in [0.2, 0.25) is 0 Å². The Balaban J connectivity index is 0.000000165. The number of phenolic OH excluding ortho intramolecular Hbond substituents is 1. The number of hydrogen-bond acceptors (Lipinski definition) is 3. The van der Waals surface area contributed by atoms with Crippen LogP contribution in [0, 0.1) is 6.92 Å². The second-order valence-electron chi connectivity index (χ2n) is 10.5. The molecule has 0 aliphatic heterocycles. The third-order valence-electron chi connectivity index (χ3n) is 7.27. The number of nitrogens with two attached hydrogens (primary N) is 2. The van der Waals surface area contributed by atoms with E-state index >= 15 is 0 Å². The summed E-state index contributed by atoms with van der Waals surface area (Å²) in [7, 11) is 0. The van der Waals surface area contributed by atoms with Gasteiger partial charge in [-0.25, -0.2) is 0 Å². The molecule has 0 saturated heterocycles. The van der Waals surface area contributed by atoms with E-state index in [0.717, 1.165) is 27.5 Å². The molecule has 0 aliphatic rings. The zero-order chi connectivity index (χ0) is 30.7. The van der Waals surface area contributed by atoms with E-state index in [2.05, 4.69) is 73.7 Å². The molecule has 0 radical (unpaired) electrons. The molecular weight excluding hydrogens is 560 g/mol. The predicted molar refractivity (Wildman–Crippen MR) is 204 cm³/mol. The van der Waals surface area contributed by atoms with Crippen molar-refractivity contribution in [2.24, 2.45) is 0 Å². The van der Waals surface area contributed by atoms with Crippen LogP contribution < -0.4 is 11.5 Å². The maximum Gasteiger partial charge on any atom is 0.123 e. The maximum atomic E-state index is 9.37. The number of fused-ring (bicyclic) bond motifs is 4. The molecule has 232 valence electrons. The van der Waals surface area contributed by atoms with Gasteiger partial charge in [0.2, 0.25) is 0 Å². The summed E-state index contributed by atoms with van der Waals surface area (Å²) in [6, 6.07) is 56.4. The van der Waals surface area contributed by atoms with Crippen LogP contribution in [0.25, 0.3) is 43.1 Å². The van der Waals surface area contributed by atoms with Gasteiger partial charge in [-0.15, -0.1) is 0 Å². The van der Waals surface area contributed by atoms with Gasteiger partial charge in [-0.1, -0.05) is 166 Å². The smallest absolute Gasteiger partial charge is 0.123 e. The summed E-state index contributed by atoms with van der Waals surface area (Å²) in [5, 5.41) is 18.8. The Kier molecular flexibility index (Phi) is 12.7. The van der Waals surface area contributed by atoms with E-state index in [9.17, 15) is 5.11 Å². The van der Waals surface area contributed by atoms with Crippen molar-refractivity contribution in [3.63, 3.8) is 0 Å². The van der Waals surface area contributed by atoms with Crippen molar-refractivity contribution in [3.8, 4) is 5.75 Å². The molecule has 0 amide bonds. The lowest BCUT2D eigenvalue weighted by atomic mass is 10.1. The van der Waals surface area contributed by atoms with Crippen molar-refractivity contribution < 1.29 is 5.11 Å². The Hall–Kier alpha value is -5.80. The highest BCUT2D eigenvalue weighted by atomic mass is 16.3. The zero-order valence-corrected chi connectivity index (χ0v) is 24.8. The van der Waals surface area contributed by atoms with E-state index in [-0.39, 0.29) is 14.9 Å². The molecule has 0 aliphatic carbocycles. The molecule has 3 nitrogen and oxygen atoms in total. The number of benzene rings is 8. The Morgan fingerprint density at radius 2 is 0.826 bits per heavy atom. The van der Waals surface area contributed by atoms with Gasteiger partial charge in [0.15, 0.2) is 0 Å². The second-order valence-corrected chi connectivity index (χ2v) is 10.5. The van der Waals surface area contributed by atoms with Crippen LogP contribution in [0.15, 0.2) is 170 Å². The van der Waals surface area contributed by atoms with Gasteiger partial charge in [-0.2, -0.15) is 0 Å². The first-order valence-corrected chi connectivity index (χ1v) is 14.6. The first-order chi connectivity index (χ1) is 21.5. The Morgan fingerprint density at radius 3 is 1.41 bits per heavy atom. The van der Waals surface area contributed by atoms with Gasteiger partial charge >= 0.3 is 0 Å². The van der Waals surface area contributed by atoms with Crippen molar-refractivity contribution >= 4 is 54.5 Å². The van der Waals surface area contributed by atoms with E-state index < -0.39 is 0 Å². The van der Waals surface area contributed by atoms with E-state index in [0.29, 0.717) is 5.75 Å². The largest absolute Gasteiger partial charge is 0.507 e. The van der Waals surface area contributed by atoms with Gasteiger partial charge in [-0.3, -0.25) is 0 Å². The van der Waals surface area contributed by atoms with Crippen LogP contribution in [0.4, 0.5) is 11.4 Å². The number of hydrogen-bond donors (Lipinski definition) is 3. The fourth-order valence-electron chi connectivity index (χ4n) is 4.98. The van der Waals surface area contributed by atoms with Gasteiger partial charge in [-0.05, 0) is 63.5 Å². The highest BCUT2D eigenvalue weighted by Crippen LogP contribution is 2.23. The van der Waals surface area contributed by atoms with Crippen LogP contribution in [0.3, 0.4) is 0 Å². The lowest BCUT2D eigenvalue weighted by Crippen LogP contribution is -1.84. The molecular formula is C43H44N2O. The molecule has 0 atom stereocenters. The topological polar surface area (TPSA) is 72.3 Å². The maximum absolute atomic E-state index is 9.37. The number of anilines is 2. The minimum atomic E-state index is 0. The predicted octanol–water partition coefficient (Wildman–Crippen LogP) is 11.8. The molecule has 0 fully saturated rings. The normalized spacial score (nSPS) is 9.76. The lowest BCUT2D eigenvalue weighted by molar-refractivity contribution is 0.481. The molecule has 0 heterocycles. The Morgan fingerprint density at radius 1 is 0.391 bits per heavy atom. The molecule has 8 rings (SSSR count). The monoisotopic (exact) mass is 604 g/mol. The van der Waals surface area contributed by atoms with Gasteiger partial charge < -0.3 is 16.6 Å². The van der Waals surface area contributed by atoms with E-state index in [1.807, 2.05) is 97.1 Å². The van der Waals surface area contributed by atoms with Gasteiger partial charge in [0.1, 0.15) is 5.75 Å². The molecule has 0 bridgehead atoms. The highest BCUT2D eigenvalue weighted by molar-refractivity contribution is 5.92. The van der Waals surface area contributed by atoms with E-state index in [1.165, 1.54) is 32.5 Å². The van der Waals surface area contributed by atoms with Crippen LogP contribution >= 0.6 is 0 Å². The van der Waals surface area contributed by atoms with E-state index in [1.54, 1.807) is 6.07 Å². The molecule has 8 aromatic carbocycles. The summed E-state index contributed by atoms with van der Waals surface area (Å²) >= 11 is 0. The molecule has 8 aromatic rings. The summed E-state index contributed by atoms with van der Waals surface area (Å²) in [6.07, 6.45) is 0. The standard InChI is InChI=1S/C11H10.2C10H9N.C10H8O.2CH4/c1-9-6-7-10-4-2-3-5-11(10)8-9;11-10-7-3-5-8-4-1-2-6-9(8)10;11-10-6-5-8-3-1-2-4-9(8)7-10;11-10-7-3-5-8-4-1-2-6-9(8)10;;/h2-8H,1H3;2*1-7H,11H2;1-7,11H;2*1H4. The number of rotatable bonds is 0. The SMILES string of the molecule is C.C.Cc1ccc2ccccc2c1.Nc1ccc2ccccc2c1.Nc1cccc2ccccc12.Oc1cccc2ccccc12. The molecule has 0 spiro atoms. The zero-order valence-electron chi connectivity index (χ0n) is 24.8. The molecule has 0 saturated carbocycles. The minimum Gasteiger partial charge on any atom is -0.507 e. The third kappa shape index (κ3) is 9.10. The van der Waals surface area contributed by atoms with Crippen LogP contribution in [-0.4, -0.2) is 5.11 Å². The second kappa shape index (κ2) is 16.9. The molecule has 0 unspecified atom stereocenters. The van der Waals surface area contributed by atoms with Gasteiger partial charge in [0, 0.05) is 22.1 Å². The van der Waals surface area contributed by atoms with Gasteiger partial charge in [0.05, 0.1) is 0 Å². The molecule has 3 heteroatoms. The number of aromatic hydroxyl groups is 1. The first kappa shape index (κ1) is 34.7. The average Bonchev–Trinajstić information content (AvgIpc) is 3.06. The van der Waals surface area contributed by atoms with Crippen molar-refractivity contribution in [3.05, 3.63) is 175 Å². The van der Waals surface area contributed by atoms with Crippen molar-refractivity contribution in [1.82, 2.24) is 0 Å². The van der Waals surface area contributed by atoms with Crippen LogP contribution in [0.1, 0.15) is 20.4 Å². The highest BCUT2D eigenvalue weighted by Gasteiger charge is 1.95. The fraction of sp³-hybridized carbons (Fsp3) is 0.0698. The summed E-state index contributed by atoms with van der Waals surface area (Å²) < 4.78 is 0. The Bertz CT molecular complexity index is 1960. The van der Waals surface area contributed by atoms with E-state index in [4.69, 9.17) is 11.5 Å². The Labute approximate surface area is 273 Å². The summed E-state index contributed by atoms with van der Waals surface area (Å²) in [4.78, 5) is 0. The number of aryl methyl sites for hydroxylation is 1. The van der Waals surface area contributed by atoms with Crippen LogP contribution in [-0.2, 0) is 0 Å². The molecule has 5 N–H and O–H groups in total. The third-order valence-corrected chi connectivity index (χ3v) is 7.27. The van der Waals surface area contributed by atoms with Crippen molar-refractivity contribution in [2.75, 3.05) is 11.5 Å². The van der Waals surface area contributed by atoms with Crippen LogP contribution in [0.5, 0.6) is 5.75 Å². The van der Waals surface area contributed by atoms with Crippen molar-refractivity contribution in [1.29, 1.82) is 0 Å². The quantitative estimate of drug-likeness (QED) is 0.151. The van der Waals surface area contributed by atoms with Crippen molar-refractivity contribution in [2.45, 2.75) is 21.8 Å². The average molecular weight is 605 g/mol. The lowest BCUT2D eigenvalue weighted by Gasteiger charge is -1.98. The molecule has 0 aromatic heterocycles. The summed E-state index contributed by atoms with van der Waals surface area (Å²) in [5.41, 5.74) is 14.4. The summed E-state index contributed by atoms with van der Waals surface area (Å²) in [6.45, 7) is 2.12. The minimum absolute atomic E-state index is 0. The fourth-order valence-corrected chi connectivity index (χ4v) is 4.98. The molecule has 46 heavy (non-hydrogen) atoms. The first-order valence-electron chi connectivity index (χ1n) is 14.6.